The SMILES string of the molecule is Nc1ncc(Br)c(NCC2Cc3ccccc32)n1. The maximum Gasteiger partial charge on any atom is 0.221 e. The van der Waals surface area contributed by atoms with Crippen LogP contribution in [-0.2, 0) is 6.42 Å². The molecule has 92 valence electrons. The van der Waals surface area contributed by atoms with Crippen molar-refractivity contribution >= 4 is 27.7 Å². The van der Waals surface area contributed by atoms with Gasteiger partial charge < -0.3 is 11.1 Å². The number of halogens is 1. The summed E-state index contributed by atoms with van der Waals surface area (Å²) < 4.78 is 0.837. The number of nitrogens with zero attached hydrogens (tertiary/aromatic N) is 2. The van der Waals surface area contributed by atoms with Gasteiger partial charge in [0.15, 0.2) is 0 Å². The van der Waals surface area contributed by atoms with Crippen LogP contribution in [0.25, 0.3) is 0 Å². The molecule has 18 heavy (non-hydrogen) atoms. The number of nitrogen functional groups attached to an aromatic ring is 1. The lowest BCUT2D eigenvalue weighted by molar-refractivity contribution is 0.634. The largest absolute Gasteiger partial charge is 0.368 e. The number of anilines is 2. The first-order valence-corrected chi connectivity index (χ1v) is 6.63. The van der Waals surface area contributed by atoms with E-state index in [0.717, 1.165) is 23.3 Å². The highest BCUT2D eigenvalue weighted by atomic mass is 79.9. The number of nitrogens with two attached hydrogens (primary N) is 1. The molecule has 0 saturated heterocycles. The fourth-order valence-corrected chi connectivity index (χ4v) is 2.60. The Hall–Kier alpha value is -1.62. The molecule has 0 radical (unpaired) electrons. The first-order valence-electron chi connectivity index (χ1n) is 5.83. The number of fused-ring (bicyclic) bond motifs is 1. The van der Waals surface area contributed by atoms with Crippen LogP contribution in [0.5, 0.6) is 0 Å². The molecule has 5 heteroatoms. The average molecular weight is 305 g/mol. The van der Waals surface area contributed by atoms with E-state index in [1.807, 2.05) is 0 Å². The zero-order valence-electron chi connectivity index (χ0n) is 9.73. The highest BCUT2D eigenvalue weighted by Crippen LogP contribution is 2.35. The Labute approximate surface area is 114 Å². The van der Waals surface area contributed by atoms with Crippen LogP contribution < -0.4 is 11.1 Å². The minimum atomic E-state index is 0.287. The van der Waals surface area contributed by atoms with Crippen LogP contribution in [0.1, 0.15) is 17.0 Å². The van der Waals surface area contributed by atoms with Crippen LogP contribution in [0.3, 0.4) is 0 Å². The summed E-state index contributed by atoms with van der Waals surface area (Å²) in [5.74, 6) is 1.60. The highest BCUT2D eigenvalue weighted by Gasteiger charge is 2.25. The monoisotopic (exact) mass is 304 g/mol. The molecule has 4 nitrogen and oxygen atoms in total. The van der Waals surface area contributed by atoms with Crippen LogP contribution >= 0.6 is 15.9 Å². The van der Waals surface area contributed by atoms with Crippen molar-refractivity contribution in [2.75, 3.05) is 17.6 Å². The van der Waals surface area contributed by atoms with Gasteiger partial charge in [-0.05, 0) is 33.5 Å². The van der Waals surface area contributed by atoms with E-state index in [1.54, 1.807) is 6.20 Å². The zero-order chi connectivity index (χ0) is 12.5. The van der Waals surface area contributed by atoms with E-state index in [0.29, 0.717) is 5.92 Å². The molecular weight excluding hydrogens is 292 g/mol. The Kier molecular flexibility index (Phi) is 2.91. The normalized spacial score (nSPS) is 16.8. The summed E-state index contributed by atoms with van der Waals surface area (Å²) in [4.78, 5) is 8.08. The van der Waals surface area contributed by atoms with E-state index in [9.17, 15) is 0 Å². The second-order valence-electron chi connectivity index (χ2n) is 4.41. The molecule has 0 aliphatic heterocycles. The molecule has 0 bridgehead atoms. The molecule has 0 amide bonds. The lowest BCUT2D eigenvalue weighted by Crippen LogP contribution is -2.24. The summed E-state index contributed by atoms with van der Waals surface area (Å²) in [6.07, 6.45) is 2.79. The first-order chi connectivity index (χ1) is 8.74. The van der Waals surface area contributed by atoms with Gasteiger partial charge in [0.2, 0.25) is 5.95 Å². The molecule has 1 aliphatic rings. The van der Waals surface area contributed by atoms with Gasteiger partial charge in [-0.25, -0.2) is 4.98 Å². The van der Waals surface area contributed by atoms with Gasteiger partial charge in [-0.3, -0.25) is 0 Å². The molecule has 1 unspecified atom stereocenters. The second-order valence-corrected chi connectivity index (χ2v) is 5.26. The Morgan fingerprint density at radius 3 is 3.06 bits per heavy atom. The number of rotatable bonds is 3. The topological polar surface area (TPSA) is 63.8 Å². The van der Waals surface area contributed by atoms with Gasteiger partial charge in [0.1, 0.15) is 5.82 Å². The highest BCUT2D eigenvalue weighted by molar-refractivity contribution is 9.10. The third-order valence-corrected chi connectivity index (χ3v) is 3.82. The van der Waals surface area contributed by atoms with Crippen molar-refractivity contribution < 1.29 is 0 Å². The van der Waals surface area contributed by atoms with Crippen molar-refractivity contribution in [2.24, 2.45) is 0 Å². The summed E-state index contributed by atoms with van der Waals surface area (Å²) in [5.41, 5.74) is 8.46. The third-order valence-electron chi connectivity index (χ3n) is 3.24. The molecule has 0 saturated carbocycles. The zero-order valence-corrected chi connectivity index (χ0v) is 11.3. The van der Waals surface area contributed by atoms with Gasteiger partial charge in [-0.15, -0.1) is 0 Å². The lowest BCUT2D eigenvalue weighted by atomic mass is 9.78. The minimum absolute atomic E-state index is 0.287. The third kappa shape index (κ3) is 2.06. The van der Waals surface area contributed by atoms with E-state index < -0.39 is 0 Å². The Balaban J connectivity index is 1.68. The van der Waals surface area contributed by atoms with E-state index in [4.69, 9.17) is 5.73 Å². The molecule has 2 aromatic rings. The number of benzene rings is 1. The molecule has 1 aromatic carbocycles. The van der Waals surface area contributed by atoms with Crippen LogP contribution in [0.4, 0.5) is 11.8 Å². The van der Waals surface area contributed by atoms with E-state index in [1.165, 1.54) is 11.1 Å². The number of hydrogen-bond donors (Lipinski definition) is 2. The fourth-order valence-electron chi connectivity index (χ4n) is 2.27. The van der Waals surface area contributed by atoms with Crippen molar-refractivity contribution in [1.29, 1.82) is 0 Å². The standard InChI is InChI=1S/C13H13BrN4/c14-11-7-17-13(15)18-12(11)16-6-9-5-8-3-1-2-4-10(8)9/h1-4,7,9H,5-6H2,(H3,15,16,17,18). The molecule has 1 heterocycles. The molecule has 1 aliphatic carbocycles. The first kappa shape index (κ1) is 11.5. The molecule has 0 fully saturated rings. The average Bonchev–Trinajstić information content (AvgIpc) is 2.34. The molecule has 3 N–H and O–H groups in total. The van der Waals surface area contributed by atoms with E-state index >= 15 is 0 Å². The molecule has 0 spiro atoms. The van der Waals surface area contributed by atoms with Gasteiger partial charge in [0.05, 0.1) is 4.47 Å². The van der Waals surface area contributed by atoms with Crippen molar-refractivity contribution in [1.82, 2.24) is 9.97 Å². The summed E-state index contributed by atoms with van der Waals surface area (Å²) in [7, 11) is 0. The van der Waals surface area contributed by atoms with Gasteiger partial charge in [-0.1, -0.05) is 24.3 Å². The van der Waals surface area contributed by atoms with E-state index in [2.05, 4.69) is 55.5 Å². The number of aromatic nitrogens is 2. The maximum absolute atomic E-state index is 5.57. The van der Waals surface area contributed by atoms with Gasteiger partial charge in [-0.2, -0.15) is 4.98 Å². The Morgan fingerprint density at radius 2 is 2.22 bits per heavy atom. The van der Waals surface area contributed by atoms with Crippen molar-refractivity contribution in [3.8, 4) is 0 Å². The van der Waals surface area contributed by atoms with Crippen molar-refractivity contribution in [3.63, 3.8) is 0 Å². The fraction of sp³-hybridized carbons (Fsp3) is 0.231. The second kappa shape index (κ2) is 4.57. The van der Waals surface area contributed by atoms with Gasteiger partial charge >= 0.3 is 0 Å². The quantitative estimate of drug-likeness (QED) is 0.915. The Morgan fingerprint density at radius 1 is 1.39 bits per heavy atom. The summed E-state index contributed by atoms with van der Waals surface area (Å²) in [6.45, 7) is 0.867. The number of hydrogen-bond acceptors (Lipinski definition) is 4. The summed E-state index contributed by atoms with van der Waals surface area (Å²) in [5, 5.41) is 3.32. The van der Waals surface area contributed by atoms with Crippen LogP contribution in [0.2, 0.25) is 0 Å². The van der Waals surface area contributed by atoms with Crippen molar-refractivity contribution in [2.45, 2.75) is 12.3 Å². The van der Waals surface area contributed by atoms with E-state index in [-0.39, 0.29) is 5.95 Å². The lowest BCUT2D eigenvalue weighted by Gasteiger charge is -2.30. The van der Waals surface area contributed by atoms with Crippen molar-refractivity contribution in [3.05, 3.63) is 46.1 Å². The molecule has 1 aromatic heterocycles. The van der Waals surface area contributed by atoms with Crippen LogP contribution in [-0.4, -0.2) is 16.5 Å². The number of nitrogens with one attached hydrogen (secondary N) is 1. The Bertz CT molecular complexity index is 585. The molecule has 3 rings (SSSR count). The predicted molar refractivity (Wildman–Crippen MR) is 75.5 cm³/mol. The minimum Gasteiger partial charge on any atom is -0.368 e. The van der Waals surface area contributed by atoms with Crippen LogP contribution in [0.15, 0.2) is 34.9 Å². The summed E-state index contributed by atoms with van der Waals surface area (Å²) in [6, 6.07) is 8.55. The molecular formula is C13H13BrN4. The smallest absolute Gasteiger partial charge is 0.221 e. The molecule has 1 atom stereocenters. The predicted octanol–water partition coefficient (Wildman–Crippen LogP) is 2.57. The van der Waals surface area contributed by atoms with Gasteiger partial charge in [0.25, 0.3) is 0 Å². The maximum atomic E-state index is 5.57. The van der Waals surface area contributed by atoms with Crippen LogP contribution in [0, 0.1) is 0 Å². The summed E-state index contributed by atoms with van der Waals surface area (Å²) >= 11 is 3.41. The van der Waals surface area contributed by atoms with Gasteiger partial charge in [0, 0.05) is 18.7 Å².